The van der Waals surface area contributed by atoms with Gasteiger partial charge in [-0.1, -0.05) is 0 Å². The van der Waals surface area contributed by atoms with Crippen molar-refractivity contribution >= 4 is 27.6 Å². The molecule has 42 heavy (non-hydrogen) atoms. The lowest BCUT2D eigenvalue weighted by Gasteiger charge is -2.32. The van der Waals surface area contributed by atoms with E-state index in [1.807, 2.05) is 17.8 Å². The van der Waals surface area contributed by atoms with Crippen molar-refractivity contribution in [3.63, 3.8) is 0 Å². The first-order valence-corrected chi connectivity index (χ1v) is 15.0. The molecule has 14 heteroatoms. The topological polar surface area (TPSA) is 178 Å². The molecule has 3 aromatic heterocycles. The molecule has 0 bridgehead atoms. The smallest absolute Gasteiger partial charge is 0.262 e. The number of amides is 1. The first kappa shape index (κ1) is 28.9. The Bertz CT molecular complexity index is 1710. The number of anilines is 2. The van der Waals surface area contributed by atoms with Crippen LogP contribution in [0.2, 0.25) is 0 Å². The van der Waals surface area contributed by atoms with Crippen LogP contribution in [-0.2, 0) is 17.1 Å². The van der Waals surface area contributed by atoms with Crippen molar-refractivity contribution in [2.75, 3.05) is 18.4 Å². The molecule has 0 radical (unpaired) electrons. The molecule has 4 heterocycles. The highest BCUT2D eigenvalue weighted by molar-refractivity contribution is 7.89. The van der Waals surface area contributed by atoms with E-state index in [9.17, 15) is 18.5 Å². The van der Waals surface area contributed by atoms with Crippen LogP contribution in [0, 0.1) is 24.2 Å². The monoisotopic (exact) mass is 588 g/mol. The molecule has 1 unspecified atom stereocenters. The van der Waals surface area contributed by atoms with Crippen molar-refractivity contribution in [3.05, 3.63) is 66.2 Å². The summed E-state index contributed by atoms with van der Waals surface area (Å²) in [4.78, 5) is 20.4. The Labute approximate surface area is 244 Å². The summed E-state index contributed by atoms with van der Waals surface area (Å²) in [7, 11) is -1.93. The summed E-state index contributed by atoms with van der Waals surface area (Å²) in [5.74, 6) is 0.140. The predicted molar refractivity (Wildman–Crippen MR) is 155 cm³/mol. The van der Waals surface area contributed by atoms with Crippen molar-refractivity contribution < 1.29 is 13.2 Å². The maximum Gasteiger partial charge on any atom is 0.262 e. The van der Waals surface area contributed by atoms with Gasteiger partial charge in [-0.15, -0.1) is 0 Å². The van der Waals surface area contributed by atoms with Crippen LogP contribution in [0.4, 0.5) is 11.6 Å². The number of nitriles is 1. The Hall–Kier alpha value is -4.61. The van der Waals surface area contributed by atoms with E-state index in [2.05, 4.69) is 31.6 Å². The third-order valence-corrected chi connectivity index (χ3v) is 9.24. The molecule has 218 valence electrons. The third kappa shape index (κ3) is 6.32. The predicted octanol–water partition coefficient (Wildman–Crippen LogP) is 3.17. The molecule has 1 aliphatic rings. The molecule has 0 saturated carbocycles. The number of hydrogen-bond donors (Lipinski definition) is 2. The lowest BCUT2D eigenvalue weighted by Crippen LogP contribution is -2.39. The Morgan fingerprint density at radius 3 is 2.57 bits per heavy atom. The second-order valence-electron chi connectivity index (χ2n) is 10.4. The van der Waals surface area contributed by atoms with Crippen LogP contribution in [0.25, 0.3) is 11.3 Å². The van der Waals surface area contributed by atoms with Crippen LogP contribution in [0.5, 0.6) is 0 Å². The lowest BCUT2D eigenvalue weighted by molar-refractivity contribution is 0.100. The van der Waals surface area contributed by atoms with E-state index in [-0.39, 0.29) is 23.4 Å². The Balaban J connectivity index is 1.26. The molecule has 3 N–H and O–H groups in total. The van der Waals surface area contributed by atoms with Crippen molar-refractivity contribution in [2.24, 2.45) is 18.7 Å². The Kier molecular flexibility index (Phi) is 8.32. The van der Waals surface area contributed by atoms with Gasteiger partial charge in [-0.2, -0.15) is 19.8 Å². The SMILES string of the molecule is Cc1cnc(Nc2ccc(C(N)=O)cc2)nc1-c1cnn(C(CC#N)CC2CCN(S(=O)(=O)c3ccn(C)n3)CC2)c1. The second kappa shape index (κ2) is 12.1. The molecule has 13 nitrogen and oxygen atoms in total. The first-order valence-electron chi connectivity index (χ1n) is 13.6. The number of nitrogens with zero attached hydrogens (tertiary/aromatic N) is 8. The molecule has 1 atom stereocenters. The van der Waals surface area contributed by atoms with Crippen molar-refractivity contribution in [1.82, 2.24) is 33.8 Å². The number of piperidine rings is 1. The van der Waals surface area contributed by atoms with E-state index in [1.54, 1.807) is 49.9 Å². The van der Waals surface area contributed by atoms with Crippen LogP contribution in [-0.4, -0.2) is 61.2 Å². The van der Waals surface area contributed by atoms with Gasteiger partial charge in [0.2, 0.25) is 11.9 Å². The van der Waals surface area contributed by atoms with Crippen LogP contribution >= 0.6 is 0 Å². The van der Waals surface area contributed by atoms with E-state index >= 15 is 0 Å². The summed E-state index contributed by atoms with van der Waals surface area (Å²) >= 11 is 0. The highest BCUT2D eigenvalue weighted by atomic mass is 32.2. The maximum absolute atomic E-state index is 12.9. The van der Waals surface area contributed by atoms with E-state index in [4.69, 9.17) is 5.73 Å². The number of nitrogens with two attached hydrogens (primary N) is 1. The van der Waals surface area contributed by atoms with Gasteiger partial charge < -0.3 is 11.1 Å². The van der Waals surface area contributed by atoms with Gasteiger partial charge in [-0.05, 0) is 68.0 Å². The van der Waals surface area contributed by atoms with Crippen molar-refractivity contribution in [3.8, 4) is 17.3 Å². The number of carbonyl (C=O) groups is 1. The minimum absolute atomic E-state index is 0.0641. The average molecular weight is 589 g/mol. The minimum atomic E-state index is -3.62. The molecule has 4 aromatic rings. The fourth-order valence-corrected chi connectivity index (χ4v) is 6.55. The largest absolute Gasteiger partial charge is 0.366 e. The van der Waals surface area contributed by atoms with E-state index in [0.29, 0.717) is 55.2 Å². The van der Waals surface area contributed by atoms with Crippen molar-refractivity contribution in [1.29, 1.82) is 5.26 Å². The summed E-state index contributed by atoms with van der Waals surface area (Å²) in [5.41, 5.74) is 8.79. The number of rotatable bonds is 10. The number of sulfonamides is 1. The molecule has 1 aromatic carbocycles. The first-order chi connectivity index (χ1) is 20.1. The molecule has 0 aliphatic carbocycles. The fraction of sp³-hybridized carbons (Fsp3) is 0.357. The number of benzene rings is 1. The minimum Gasteiger partial charge on any atom is -0.366 e. The molecular formula is C28H32N10O3S. The van der Waals surface area contributed by atoms with E-state index in [1.165, 1.54) is 15.1 Å². The summed E-state index contributed by atoms with van der Waals surface area (Å²) < 4.78 is 30.7. The van der Waals surface area contributed by atoms with E-state index < -0.39 is 15.9 Å². The van der Waals surface area contributed by atoms with Crippen LogP contribution in [0.1, 0.15) is 47.6 Å². The third-order valence-electron chi connectivity index (χ3n) is 7.45. The summed E-state index contributed by atoms with van der Waals surface area (Å²) in [6.45, 7) is 2.74. The summed E-state index contributed by atoms with van der Waals surface area (Å²) in [6.07, 6.45) is 9.35. The van der Waals surface area contributed by atoms with E-state index in [0.717, 1.165) is 11.1 Å². The van der Waals surface area contributed by atoms with Gasteiger partial charge in [0.1, 0.15) is 0 Å². The Morgan fingerprint density at radius 2 is 1.93 bits per heavy atom. The maximum atomic E-state index is 12.9. The molecule has 1 saturated heterocycles. The van der Waals surface area contributed by atoms with Crippen LogP contribution in [0.3, 0.4) is 0 Å². The van der Waals surface area contributed by atoms with Crippen LogP contribution < -0.4 is 11.1 Å². The zero-order valence-electron chi connectivity index (χ0n) is 23.4. The number of primary amides is 1. The molecule has 0 spiro atoms. The number of carbonyl (C=O) groups excluding carboxylic acids is 1. The number of nitrogens with one attached hydrogen (secondary N) is 1. The number of aryl methyl sites for hydroxylation is 2. The quantitative estimate of drug-likeness (QED) is 0.281. The lowest BCUT2D eigenvalue weighted by atomic mass is 9.90. The average Bonchev–Trinajstić information content (AvgIpc) is 3.64. The van der Waals surface area contributed by atoms with Gasteiger partial charge in [0, 0.05) is 55.5 Å². The number of aromatic nitrogens is 6. The van der Waals surface area contributed by atoms with Crippen LogP contribution in [0.15, 0.2) is 60.1 Å². The van der Waals surface area contributed by atoms with Gasteiger partial charge in [-0.3, -0.25) is 14.2 Å². The molecule has 1 amide bonds. The normalized spacial score (nSPS) is 15.3. The highest BCUT2D eigenvalue weighted by Crippen LogP contribution is 2.32. The summed E-state index contributed by atoms with van der Waals surface area (Å²) in [5, 5.41) is 21.4. The van der Waals surface area contributed by atoms with Crippen molar-refractivity contribution in [2.45, 2.75) is 43.7 Å². The molecule has 1 fully saturated rings. The summed E-state index contributed by atoms with van der Waals surface area (Å²) in [6, 6.07) is 10.3. The zero-order chi connectivity index (χ0) is 29.9. The standard InChI is InChI=1S/C28H32N10O3S/c1-19-16-31-28(33-23-5-3-21(4-6-23)27(30)39)34-26(19)22-17-32-38(18-22)24(7-11-29)15-20-8-13-37(14-9-20)42(40,41)25-10-12-36(2)35-25/h3-6,10,12,16-18,20,24H,7-9,13-15H2,1-2H3,(H2,30,39)(H,31,33,34). The van der Waals surface area contributed by atoms with Gasteiger partial charge in [-0.25, -0.2) is 18.4 Å². The molecule has 5 rings (SSSR count). The van der Waals surface area contributed by atoms with Gasteiger partial charge in [0.05, 0.1) is 30.4 Å². The second-order valence-corrected chi connectivity index (χ2v) is 12.3. The number of hydrogen-bond acceptors (Lipinski definition) is 9. The van der Waals surface area contributed by atoms with Gasteiger partial charge in [0.15, 0.2) is 5.03 Å². The molecular weight excluding hydrogens is 556 g/mol. The Morgan fingerprint density at radius 1 is 1.19 bits per heavy atom. The zero-order valence-corrected chi connectivity index (χ0v) is 24.2. The van der Waals surface area contributed by atoms with Gasteiger partial charge in [0.25, 0.3) is 10.0 Å². The highest BCUT2D eigenvalue weighted by Gasteiger charge is 2.32. The fourth-order valence-electron chi connectivity index (χ4n) is 5.13. The van der Waals surface area contributed by atoms with Gasteiger partial charge >= 0.3 is 0 Å². The molecule has 1 aliphatic heterocycles.